The van der Waals surface area contributed by atoms with Crippen LogP contribution < -0.4 is 5.69 Å². The fraction of sp³-hybridized carbons (Fsp3) is 0.263. The number of aromatic nitrogens is 2. The molecule has 0 unspecified atom stereocenters. The number of para-hydroxylation sites is 2. The van der Waals surface area contributed by atoms with Crippen LogP contribution in [-0.2, 0) is 0 Å². The summed E-state index contributed by atoms with van der Waals surface area (Å²) < 4.78 is 2.67. The van der Waals surface area contributed by atoms with E-state index in [-0.39, 0.29) is 17.6 Å². The molecule has 0 aliphatic carbocycles. The third-order valence-corrected chi connectivity index (χ3v) is 5.71. The monoisotopic (exact) mass is 433 g/mol. The fourth-order valence-electron chi connectivity index (χ4n) is 3.60. The highest BCUT2D eigenvalue weighted by Gasteiger charge is 2.27. The molecule has 0 saturated carbocycles. The number of hydrogen-bond donors (Lipinski definition) is 1. The highest BCUT2D eigenvalue weighted by Crippen LogP contribution is 2.28. The Morgan fingerprint density at radius 2 is 1.88 bits per heavy atom. The zero-order chi connectivity index (χ0) is 18.3. The molecule has 2 heterocycles. The number of H-pyrrole nitrogens is 1. The van der Waals surface area contributed by atoms with E-state index >= 15 is 0 Å². The second kappa shape index (κ2) is 6.93. The molecule has 5 nitrogen and oxygen atoms in total. The Labute approximate surface area is 163 Å². The molecular formula is C19H17BrClN3O2. The van der Waals surface area contributed by atoms with Crippen LogP contribution in [0.4, 0.5) is 0 Å². The predicted octanol–water partition coefficient (Wildman–Crippen LogP) is 4.22. The summed E-state index contributed by atoms with van der Waals surface area (Å²) in [7, 11) is 0. The predicted molar refractivity (Wildman–Crippen MR) is 106 cm³/mol. The topological polar surface area (TPSA) is 58.1 Å². The van der Waals surface area contributed by atoms with Crippen molar-refractivity contribution in [3.05, 3.63) is 68.0 Å². The van der Waals surface area contributed by atoms with Gasteiger partial charge in [-0.25, -0.2) is 4.79 Å². The maximum absolute atomic E-state index is 12.8. The van der Waals surface area contributed by atoms with Crippen LogP contribution in [0.25, 0.3) is 11.0 Å². The Morgan fingerprint density at radius 1 is 1.15 bits per heavy atom. The van der Waals surface area contributed by atoms with Crippen LogP contribution in [0.5, 0.6) is 0 Å². The van der Waals surface area contributed by atoms with E-state index in [0.29, 0.717) is 23.7 Å². The van der Waals surface area contributed by atoms with Crippen molar-refractivity contribution in [2.24, 2.45) is 0 Å². The molecule has 1 fully saturated rings. The van der Waals surface area contributed by atoms with Gasteiger partial charge < -0.3 is 9.88 Å². The first-order valence-electron chi connectivity index (χ1n) is 8.48. The van der Waals surface area contributed by atoms with Crippen LogP contribution in [-0.4, -0.2) is 33.4 Å². The van der Waals surface area contributed by atoms with Gasteiger partial charge in [0.05, 0.1) is 21.6 Å². The van der Waals surface area contributed by atoms with Crippen molar-refractivity contribution < 1.29 is 4.79 Å². The van der Waals surface area contributed by atoms with E-state index in [4.69, 9.17) is 11.6 Å². The van der Waals surface area contributed by atoms with Crippen molar-refractivity contribution in [2.75, 3.05) is 13.1 Å². The molecular weight excluding hydrogens is 418 g/mol. The number of nitrogens with one attached hydrogen (secondary N) is 1. The summed E-state index contributed by atoms with van der Waals surface area (Å²) in [5.74, 6) is -0.0628. The number of carbonyl (C=O) groups is 1. The fourth-order valence-corrected chi connectivity index (χ4v) is 4.35. The van der Waals surface area contributed by atoms with E-state index in [2.05, 4.69) is 20.9 Å². The van der Waals surface area contributed by atoms with Crippen LogP contribution in [0.2, 0.25) is 5.02 Å². The Kier molecular flexibility index (Phi) is 4.63. The van der Waals surface area contributed by atoms with Gasteiger partial charge in [0.15, 0.2) is 0 Å². The SMILES string of the molecule is O=C(c1ccc(Br)cc1Cl)N1CCC(n2c(=O)[nH]c3ccccc32)CC1. The molecule has 0 bridgehead atoms. The number of benzene rings is 2. The van der Waals surface area contributed by atoms with Gasteiger partial charge in [0.2, 0.25) is 0 Å². The van der Waals surface area contributed by atoms with Crippen molar-refractivity contribution in [3.63, 3.8) is 0 Å². The van der Waals surface area contributed by atoms with Crippen LogP contribution >= 0.6 is 27.5 Å². The van der Waals surface area contributed by atoms with E-state index in [1.54, 1.807) is 12.1 Å². The second-order valence-corrected chi connectivity index (χ2v) is 7.79. The van der Waals surface area contributed by atoms with E-state index in [1.165, 1.54) is 0 Å². The van der Waals surface area contributed by atoms with Crippen molar-refractivity contribution in [1.29, 1.82) is 0 Å². The molecule has 4 rings (SSSR count). The summed E-state index contributed by atoms with van der Waals surface area (Å²) in [6.45, 7) is 1.20. The molecule has 1 aliphatic heterocycles. The highest BCUT2D eigenvalue weighted by atomic mass is 79.9. The lowest BCUT2D eigenvalue weighted by Crippen LogP contribution is -2.40. The summed E-state index contributed by atoms with van der Waals surface area (Å²) in [5.41, 5.74) is 2.18. The van der Waals surface area contributed by atoms with Gasteiger partial charge in [-0.1, -0.05) is 39.7 Å². The lowest BCUT2D eigenvalue weighted by molar-refractivity contribution is 0.0695. The first-order valence-corrected chi connectivity index (χ1v) is 9.65. The Hall–Kier alpha value is -2.05. The van der Waals surface area contributed by atoms with E-state index in [0.717, 1.165) is 28.3 Å². The zero-order valence-electron chi connectivity index (χ0n) is 13.9. The first kappa shape index (κ1) is 17.4. The number of fused-ring (bicyclic) bond motifs is 1. The third kappa shape index (κ3) is 3.08. The summed E-state index contributed by atoms with van der Waals surface area (Å²) in [6.07, 6.45) is 1.48. The van der Waals surface area contributed by atoms with Crippen LogP contribution in [0, 0.1) is 0 Å². The lowest BCUT2D eigenvalue weighted by atomic mass is 10.0. The maximum atomic E-state index is 12.8. The van der Waals surface area contributed by atoms with Gasteiger partial charge in [-0.2, -0.15) is 0 Å². The number of carbonyl (C=O) groups excluding carboxylic acids is 1. The molecule has 7 heteroatoms. The molecule has 0 radical (unpaired) electrons. The number of piperidine rings is 1. The number of hydrogen-bond acceptors (Lipinski definition) is 2. The standard InChI is InChI=1S/C19H17BrClN3O2/c20-12-5-6-14(15(21)11-12)18(25)23-9-7-13(8-10-23)24-17-4-2-1-3-16(17)22-19(24)26/h1-6,11,13H,7-10H2,(H,22,26). The summed E-state index contributed by atoms with van der Waals surface area (Å²) >= 11 is 9.57. The molecule has 1 aromatic heterocycles. The van der Waals surface area contributed by atoms with E-state index in [1.807, 2.05) is 39.8 Å². The lowest BCUT2D eigenvalue weighted by Gasteiger charge is -2.32. The molecule has 1 aliphatic rings. The van der Waals surface area contributed by atoms with Gasteiger partial charge in [-0.3, -0.25) is 9.36 Å². The Bertz CT molecular complexity index is 1030. The molecule has 1 amide bonds. The minimum absolute atomic E-state index is 0.0628. The largest absolute Gasteiger partial charge is 0.338 e. The molecule has 0 atom stereocenters. The molecule has 3 aromatic rings. The number of nitrogens with zero attached hydrogens (tertiary/aromatic N) is 2. The van der Waals surface area contributed by atoms with Crippen molar-refractivity contribution in [1.82, 2.24) is 14.5 Å². The van der Waals surface area contributed by atoms with Gasteiger partial charge in [0, 0.05) is 23.6 Å². The number of rotatable bonds is 2. The number of likely N-dealkylation sites (tertiary alicyclic amines) is 1. The van der Waals surface area contributed by atoms with Crippen LogP contribution in [0.15, 0.2) is 51.7 Å². The number of aromatic amines is 1. The van der Waals surface area contributed by atoms with Crippen molar-refractivity contribution in [3.8, 4) is 0 Å². The van der Waals surface area contributed by atoms with Gasteiger partial charge in [0.1, 0.15) is 0 Å². The van der Waals surface area contributed by atoms with E-state index in [9.17, 15) is 9.59 Å². The van der Waals surface area contributed by atoms with E-state index < -0.39 is 0 Å². The average Bonchev–Trinajstić information content (AvgIpc) is 2.97. The molecule has 26 heavy (non-hydrogen) atoms. The quantitative estimate of drug-likeness (QED) is 0.656. The Balaban J connectivity index is 1.53. The summed E-state index contributed by atoms with van der Waals surface area (Å²) in [6, 6.07) is 13.1. The highest BCUT2D eigenvalue weighted by molar-refractivity contribution is 9.10. The molecule has 134 valence electrons. The number of imidazole rings is 1. The van der Waals surface area contributed by atoms with Gasteiger partial charge in [-0.05, 0) is 43.2 Å². The average molecular weight is 435 g/mol. The molecule has 1 saturated heterocycles. The minimum Gasteiger partial charge on any atom is -0.338 e. The van der Waals surface area contributed by atoms with Crippen LogP contribution in [0.1, 0.15) is 29.2 Å². The van der Waals surface area contributed by atoms with Crippen molar-refractivity contribution in [2.45, 2.75) is 18.9 Å². The minimum atomic E-state index is -0.0908. The third-order valence-electron chi connectivity index (χ3n) is 4.90. The maximum Gasteiger partial charge on any atom is 0.326 e. The number of halogens is 2. The molecule has 1 N–H and O–H groups in total. The second-order valence-electron chi connectivity index (χ2n) is 6.46. The smallest absolute Gasteiger partial charge is 0.326 e. The van der Waals surface area contributed by atoms with Gasteiger partial charge in [0.25, 0.3) is 5.91 Å². The van der Waals surface area contributed by atoms with Gasteiger partial charge in [-0.15, -0.1) is 0 Å². The summed E-state index contributed by atoms with van der Waals surface area (Å²) in [5, 5.41) is 0.444. The van der Waals surface area contributed by atoms with Gasteiger partial charge >= 0.3 is 5.69 Å². The van der Waals surface area contributed by atoms with Crippen LogP contribution in [0.3, 0.4) is 0 Å². The normalized spacial score (nSPS) is 15.5. The Morgan fingerprint density at radius 3 is 2.62 bits per heavy atom. The summed E-state index contributed by atoms with van der Waals surface area (Å²) in [4.78, 5) is 29.8. The first-order chi connectivity index (χ1) is 12.5. The molecule has 2 aromatic carbocycles. The van der Waals surface area contributed by atoms with Crippen molar-refractivity contribution >= 4 is 44.5 Å². The zero-order valence-corrected chi connectivity index (χ0v) is 16.3. The molecule has 0 spiro atoms. The number of amides is 1.